The van der Waals surface area contributed by atoms with Crippen molar-refractivity contribution < 1.29 is 18.0 Å². The smallest absolute Gasteiger partial charge is 0.264 e. The second-order valence-corrected chi connectivity index (χ2v) is 11.6. The minimum Gasteiger partial charge on any atom is -0.355 e. The molecule has 1 atom stereocenters. The molecule has 202 valence electrons. The molecule has 3 aromatic rings. The van der Waals surface area contributed by atoms with Crippen molar-refractivity contribution in [2.24, 2.45) is 0 Å². The predicted molar refractivity (Wildman–Crippen MR) is 152 cm³/mol. The van der Waals surface area contributed by atoms with Crippen LogP contribution in [-0.2, 0) is 26.2 Å². The number of nitrogens with one attached hydrogen (secondary N) is 1. The summed E-state index contributed by atoms with van der Waals surface area (Å²) in [6.07, 6.45) is 0. The third-order valence-electron chi connectivity index (χ3n) is 6.14. The molecule has 0 unspecified atom stereocenters. The number of hydrogen-bond donors (Lipinski definition) is 1. The third-order valence-corrected chi connectivity index (χ3v) is 8.52. The van der Waals surface area contributed by atoms with Gasteiger partial charge in [0.2, 0.25) is 11.8 Å². The first-order valence-electron chi connectivity index (χ1n) is 12.1. The van der Waals surface area contributed by atoms with Crippen molar-refractivity contribution >= 4 is 50.7 Å². The Kier molecular flexibility index (Phi) is 9.82. The number of hydrogen-bond acceptors (Lipinski definition) is 4. The summed E-state index contributed by atoms with van der Waals surface area (Å²) in [5, 5.41) is 3.49. The highest BCUT2D eigenvalue weighted by atomic mass is 35.5. The first-order valence-corrected chi connectivity index (χ1v) is 14.3. The summed E-state index contributed by atoms with van der Waals surface area (Å²) in [7, 11) is -4.18. The number of carbonyl (C=O) groups excluding carboxylic acids is 2. The Balaban J connectivity index is 2.09. The lowest BCUT2D eigenvalue weighted by Gasteiger charge is -2.32. The van der Waals surface area contributed by atoms with Gasteiger partial charge >= 0.3 is 0 Å². The molecule has 0 fully saturated rings. The Morgan fingerprint density at radius 3 is 2.26 bits per heavy atom. The molecule has 3 aromatic carbocycles. The van der Waals surface area contributed by atoms with E-state index in [-0.39, 0.29) is 23.0 Å². The Morgan fingerprint density at radius 1 is 0.974 bits per heavy atom. The quantitative estimate of drug-likeness (QED) is 0.352. The van der Waals surface area contributed by atoms with E-state index in [0.717, 1.165) is 9.87 Å². The molecule has 0 bridgehead atoms. The fourth-order valence-corrected chi connectivity index (χ4v) is 5.75. The molecular weight excluding hydrogens is 545 g/mol. The van der Waals surface area contributed by atoms with E-state index in [9.17, 15) is 18.0 Å². The number of halogens is 2. The highest BCUT2D eigenvalue weighted by Crippen LogP contribution is 2.30. The zero-order valence-electron chi connectivity index (χ0n) is 21.7. The van der Waals surface area contributed by atoms with Crippen molar-refractivity contribution in [2.75, 3.05) is 17.4 Å². The number of carbonyl (C=O) groups is 2. The Hall–Kier alpha value is -3.07. The molecule has 0 aliphatic carbocycles. The normalized spacial score (nSPS) is 12.1. The van der Waals surface area contributed by atoms with Crippen LogP contribution >= 0.6 is 23.2 Å². The number of anilines is 1. The maximum Gasteiger partial charge on any atom is 0.264 e. The number of sulfonamides is 1. The van der Waals surface area contributed by atoms with E-state index < -0.39 is 28.5 Å². The van der Waals surface area contributed by atoms with Gasteiger partial charge in [-0.2, -0.15) is 0 Å². The van der Waals surface area contributed by atoms with Crippen molar-refractivity contribution in [3.05, 3.63) is 93.5 Å². The summed E-state index contributed by atoms with van der Waals surface area (Å²) >= 11 is 12.6. The topological polar surface area (TPSA) is 86.8 Å². The molecule has 3 rings (SSSR count). The second kappa shape index (κ2) is 12.7. The fourth-order valence-electron chi connectivity index (χ4n) is 3.92. The molecular formula is C28H31Cl2N3O4S. The SMILES string of the molecule is CCNC(=O)[C@@H](C)N(Cc1ccccc1Cl)C(=O)CN(c1cc(Cl)ccc1C)S(=O)(=O)c1ccc(C)cc1. The van der Waals surface area contributed by atoms with Gasteiger partial charge in [-0.1, -0.05) is 65.2 Å². The van der Waals surface area contributed by atoms with Gasteiger partial charge in [-0.25, -0.2) is 8.42 Å². The molecule has 7 nitrogen and oxygen atoms in total. The largest absolute Gasteiger partial charge is 0.355 e. The van der Waals surface area contributed by atoms with E-state index in [2.05, 4.69) is 5.32 Å². The molecule has 0 heterocycles. The first kappa shape index (κ1) is 29.5. The Morgan fingerprint density at radius 2 is 1.63 bits per heavy atom. The lowest BCUT2D eigenvalue weighted by atomic mass is 10.1. The fraction of sp³-hybridized carbons (Fsp3) is 0.286. The molecule has 10 heteroatoms. The second-order valence-electron chi connectivity index (χ2n) is 8.94. The number of nitrogens with zero attached hydrogens (tertiary/aromatic N) is 2. The average molecular weight is 577 g/mol. The van der Waals surface area contributed by atoms with Gasteiger partial charge in [0.25, 0.3) is 10.0 Å². The van der Waals surface area contributed by atoms with Gasteiger partial charge in [0.1, 0.15) is 12.6 Å². The molecule has 0 aliphatic rings. The highest BCUT2D eigenvalue weighted by Gasteiger charge is 2.33. The van der Waals surface area contributed by atoms with Crippen LogP contribution in [0, 0.1) is 13.8 Å². The van der Waals surface area contributed by atoms with Crippen molar-refractivity contribution in [3.63, 3.8) is 0 Å². The van der Waals surface area contributed by atoms with Gasteiger partial charge < -0.3 is 10.2 Å². The zero-order chi connectivity index (χ0) is 28.0. The maximum absolute atomic E-state index is 13.9. The van der Waals surface area contributed by atoms with E-state index in [4.69, 9.17) is 23.2 Å². The molecule has 0 radical (unpaired) electrons. The van der Waals surface area contributed by atoms with Crippen LogP contribution in [0.2, 0.25) is 10.0 Å². The van der Waals surface area contributed by atoms with E-state index in [1.54, 1.807) is 69.3 Å². The number of aryl methyl sites for hydroxylation is 2. The number of rotatable bonds is 10. The summed E-state index contributed by atoms with van der Waals surface area (Å²) < 4.78 is 28.8. The van der Waals surface area contributed by atoms with Gasteiger partial charge in [0.15, 0.2) is 0 Å². The number of likely N-dealkylation sites (N-methyl/N-ethyl adjacent to an activating group) is 1. The summed E-state index contributed by atoms with van der Waals surface area (Å²) in [5.41, 5.74) is 2.42. The van der Waals surface area contributed by atoms with Crippen LogP contribution in [0.3, 0.4) is 0 Å². The molecule has 2 amide bonds. The molecule has 0 aromatic heterocycles. The maximum atomic E-state index is 13.9. The van der Waals surface area contributed by atoms with E-state index in [1.807, 2.05) is 6.92 Å². The van der Waals surface area contributed by atoms with E-state index in [0.29, 0.717) is 27.7 Å². The molecule has 0 aliphatic heterocycles. The van der Waals surface area contributed by atoms with Crippen LogP contribution in [0.5, 0.6) is 0 Å². The minimum absolute atomic E-state index is 0.0176. The monoisotopic (exact) mass is 575 g/mol. The first-order chi connectivity index (χ1) is 17.9. The van der Waals surface area contributed by atoms with Crippen molar-refractivity contribution in [2.45, 2.75) is 45.2 Å². The standard InChI is InChI=1S/C28H31Cl2N3O4S/c1-5-31-28(35)21(4)32(17-22-8-6-7-9-25(22)30)27(34)18-33(26-16-23(29)13-12-20(26)3)38(36,37)24-14-10-19(2)11-15-24/h6-16,21H,5,17-18H2,1-4H3,(H,31,35)/t21-/m1/s1. The van der Waals surface area contributed by atoms with Crippen molar-refractivity contribution in [1.29, 1.82) is 0 Å². The lowest BCUT2D eigenvalue weighted by Crippen LogP contribution is -2.51. The van der Waals surface area contributed by atoms with Gasteiger partial charge in [0.05, 0.1) is 10.6 Å². The van der Waals surface area contributed by atoms with Crippen molar-refractivity contribution in [3.8, 4) is 0 Å². The highest BCUT2D eigenvalue weighted by molar-refractivity contribution is 7.92. The van der Waals surface area contributed by atoms with Crippen LogP contribution in [0.4, 0.5) is 5.69 Å². The summed E-state index contributed by atoms with van der Waals surface area (Å²) in [5.74, 6) is -0.932. The molecule has 38 heavy (non-hydrogen) atoms. The van der Waals surface area contributed by atoms with Gasteiger partial charge in [0, 0.05) is 23.1 Å². The van der Waals surface area contributed by atoms with Gasteiger partial charge in [-0.05, 0) is 69.2 Å². The molecule has 0 spiro atoms. The van der Waals surface area contributed by atoms with Crippen molar-refractivity contribution in [1.82, 2.24) is 10.2 Å². The van der Waals surface area contributed by atoms with E-state index >= 15 is 0 Å². The number of benzene rings is 3. The van der Waals surface area contributed by atoms with Crippen LogP contribution in [0.25, 0.3) is 0 Å². The summed E-state index contributed by atoms with van der Waals surface area (Å²) in [6.45, 7) is 6.83. The predicted octanol–water partition coefficient (Wildman–Crippen LogP) is 5.36. The van der Waals surface area contributed by atoms with E-state index in [1.165, 1.54) is 23.1 Å². The summed E-state index contributed by atoms with van der Waals surface area (Å²) in [6, 6.07) is 17.4. The van der Waals surface area contributed by atoms with Crippen LogP contribution in [-0.4, -0.2) is 44.3 Å². The van der Waals surface area contributed by atoms with Crippen LogP contribution in [0.15, 0.2) is 71.6 Å². The Bertz CT molecular complexity index is 1410. The van der Waals surface area contributed by atoms with Gasteiger partial charge in [-0.3, -0.25) is 13.9 Å². The van der Waals surface area contributed by atoms with Crippen LogP contribution in [0.1, 0.15) is 30.5 Å². The molecule has 1 N–H and O–H groups in total. The summed E-state index contributed by atoms with van der Waals surface area (Å²) in [4.78, 5) is 28.0. The molecule has 0 saturated heterocycles. The zero-order valence-corrected chi connectivity index (χ0v) is 24.1. The molecule has 0 saturated carbocycles. The van der Waals surface area contributed by atoms with Gasteiger partial charge in [-0.15, -0.1) is 0 Å². The van der Waals surface area contributed by atoms with Crippen LogP contribution < -0.4 is 9.62 Å². The Labute approximate surface area is 234 Å². The minimum atomic E-state index is -4.18. The lowest BCUT2D eigenvalue weighted by molar-refractivity contribution is -0.139. The third kappa shape index (κ3) is 6.87. The number of amides is 2. The average Bonchev–Trinajstić information content (AvgIpc) is 2.88.